The van der Waals surface area contributed by atoms with Crippen LogP contribution in [0.1, 0.15) is 39.5 Å². The van der Waals surface area contributed by atoms with Gasteiger partial charge in [-0.3, -0.25) is 9.78 Å². The van der Waals surface area contributed by atoms with Gasteiger partial charge in [0.2, 0.25) is 0 Å². The number of amides is 1. The number of halogens is 1. The molecule has 3 aromatic carbocycles. The van der Waals surface area contributed by atoms with Crippen molar-refractivity contribution >= 4 is 27.5 Å². The lowest BCUT2D eigenvalue weighted by Crippen LogP contribution is -2.27. The lowest BCUT2D eigenvalue weighted by atomic mass is 9.98. The number of benzene rings is 3. The van der Waals surface area contributed by atoms with Gasteiger partial charge in [-0.15, -0.1) is 0 Å². The van der Waals surface area contributed by atoms with Gasteiger partial charge in [0, 0.05) is 23.3 Å². The zero-order valence-corrected chi connectivity index (χ0v) is 21.3. The smallest absolute Gasteiger partial charge is 0.276 e. The molecular formula is C29H24BrN3O3. The Bertz CT molecular complexity index is 1370. The molecule has 0 aliphatic carbocycles. The highest BCUT2D eigenvalue weighted by Crippen LogP contribution is 2.35. The Morgan fingerprint density at radius 2 is 1.69 bits per heavy atom. The fraction of sp³-hybridized carbons (Fsp3) is 0.138. The van der Waals surface area contributed by atoms with Gasteiger partial charge in [-0.1, -0.05) is 42.5 Å². The summed E-state index contributed by atoms with van der Waals surface area (Å²) in [7, 11) is 1.64. The first-order chi connectivity index (χ1) is 17.6. The average Bonchev–Trinajstić information content (AvgIpc) is 3.38. The third kappa shape index (κ3) is 5.31. The fourth-order valence-corrected chi connectivity index (χ4v) is 4.47. The van der Waals surface area contributed by atoms with Gasteiger partial charge >= 0.3 is 0 Å². The second-order valence-corrected chi connectivity index (χ2v) is 9.30. The minimum Gasteiger partial charge on any atom is -0.497 e. The third-order valence-electron chi connectivity index (χ3n) is 6.01. The lowest BCUT2D eigenvalue weighted by Gasteiger charge is -2.22. The number of hydrogen-bond donors (Lipinski definition) is 0. The van der Waals surface area contributed by atoms with Gasteiger partial charge in [-0.2, -0.15) is 5.10 Å². The molecule has 6 nitrogen and oxygen atoms in total. The summed E-state index contributed by atoms with van der Waals surface area (Å²) in [5.41, 5.74) is 4.34. The van der Waals surface area contributed by atoms with E-state index < -0.39 is 0 Å². The molecule has 4 aromatic rings. The van der Waals surface area contributed by atoms with Crippen molar-refractivity contribution in [3.63, 3.8) is 0 Å². The first-order valence-corrected chi connectivity index (χ1v) is 12.3. The van der Waals surface area contributed by atoms with Gasteiger partial charge in [0.05, 0.1) is 24.4 Å². The summed E-state index contributed by atoms with van der Waals surface area (Å²) >= 11 is 3.41. The summed E-state index contributed by atoms with van der Waals surface area (Å²) in [6.07, 6.45) is 3.80. The van der Waals surface area contributed by atoms with E-state index in [1.807, 2.05) is 78.9 Å². The highest BCUT2D eigenvalue weighted by atomic mass is 79.9. The van der Waals surface area contributed by atoms with Crippen LogP contribution in [0.5, 0.6) is 11.5 Å². The number of nitrogens with zero attached hydrogens (tertiary/aromatic N) is 3. The first-order valence-electron chi connectivity index (χ1n) is 11.5. The van der Waals surface area contributed by atoms with Crippen molar-refractivity contribution in [1.82, 2.24) is 9.99 Å². The van der Waals surface area contributed by atoms with E-state index >= 15 is 0 Å². The number of methoxy groups -OCH3 is 1. The Kier molecular flexibility index (Phi) is 7.09. The SMILES string of the molecule is COc1ccc(C2=NN(C(=O)c3cncc(Br)c3)C(c3ccc(OCc4ccccc4)cc3)C2)cc1. The Hall–Kier alpha value is -3.97. The Balaban J connectivity index is 1.40. The van der Waals surface area contributed by atoms with Crippen molar-refractivity contribution in [3.8, 4) is 11.5 Å². The highest BCUT2D eigenvalue weighted by Gasteiger charge is 2.34. The van der Waals surface area contributed by atoms with Gasteiger partial charge < -0.3 is 9.47 Å². The zero-order chi connectivity index (χ0) is 24.9. The van der Waals surface area contributed by atoms with Gasteiger partial charge in [0.15, 0.2) is 0 Å². The lowest BCUT2D eigenvalue weighted by molar-refractivity contribution is 0.0710. The number of pyridine rings is 1. The number of carbonyl (C=O) groups is 1. The standard InChI is InChI=1S/C29H24BrN3O3/c1-35-25-11-7-21(8-12-25)27-16-28(33(32-27)29(34)23-15-24(30)18-31-17-23)22-9-13-26(14-10-22)36-19-20-5-3-2-4-6-20/h2-15,17-18,28H,16,19H2,1H3. The highest BCUT2D eigenvalue weighted by molar-refractivity contribution is 9.10. The molecule has 0 saturated heterocycles. The number of hydrogen-bond acceptors (Lipinski definition) is 5. The number of ether oxygens (including phenoxy) is 2. The van der Waals surface area contributed by atoms with Crippen LogP contribution in [0.25, 0.3) is 0 Å². The molecule has 1 atom stereocenters. The molecule has 1 amide bonds. The van der Waals surface area contributed by atoms with E-state index in [4.69, 9.17) is 14.6 Å². The van der Waals surface area contributed by atoms with Crippen molar-refractivity contribution in [2.45, 2.75) is 19.1 Å². The predicted molar refractivity (Wildman–Crippen MR) is 142 cm³/mol. The third-order valence-corrected chi connectivity index (χ3v) is 6.44. The minimum atomic E-state index is -0.253. The second-order valence-electron chi connectivity index (χ2n) is 8.38. The van der Waals surface area contributed by atoms with E-state index in [2.05, 4.69) is 20.9 Å². The Labute approximate surface area is 218 Å². The quantitative estimate of drug-likeness (QED) is 0.270. The van der Waals surface area contributed by atoms with Crippen LogP contribution in [0.15, 0.2) is 107 Å². The maximum absolute atomic E-state index is 13.5. The fourth-order valence-electron chi connectivity index (χ4n) is 4.10. The summed E-state index contributed by atoms with van der Waals surface area (Å²) in [5.74, 6) is 1.33. The zero-order valence-electron chi connectivity index (χ0n) is 19.7. The van der Waals surface area contributed by atoms with Crippen molar-refractivity contribution in [2.75, 3.05) is 7.11 Å². The molecule has 36 heavy (non-hydrogen) atoms. The molecular weight excluding hydrogens is 518 g/mol. The molecule has 0 saturated carbocycles. The number of aromatic nitrogens is 1. The molecule has 7 heteroatoms. The molecule has 1 unspecified atom stereocenters. The summed E-state index contributed by atoms with van der Waals surface area (Å²) in [5, 5.41) is 6.32. The topological polar surface area (TPSA) is 64.0 Å². The molecule has 2 heterocycles. The first kappa shape index (κ1) is 23.8. The van der Waals surface area contributed by atoms with Crippen molar-refractivity contribution in [3.05, 3.63) is 124 Å². The van der Waals surface area contributed by atoms with Gasteiger partial charge in [0.25, 0.3) is 5.91 Å². The molecule has 0 radical (unpaired) electrons. The molecule has 0 fully saturated rings. The van der Waals surface area contributed by atoms with E-state index in [1.165, 1.54) is 0 Å². The van der Waals surface area contributed by atoms with Crippen LogP contribution in [0.4, 0.5) is 0 Å². The maximum atomic E-state index is 13.5. The van der Waals surface area contributed by atoms with Crippen molar-refractivity contribution in [1.29, 1.82) is 0 Å². The molecule has 1 aliphatic rings. The summed E-state index contributed by atoms with van der Waals surface area (Å²) in [6.45, 7) is 0.495. The van der Waals surface area contributed by atoms with Crippen molar-refractivity contribution < 1.29 is 14.3 Å². The van der Waals surface area contributed by atoms with Crippen LogP contribution in [-0.4, -0.2) is 28.7 Å². The van der Waals surface area contributed by atoms with Crippen LogP contribution in [0.2, 0.25) is 0 Å². The Morgan fingerprint density at radius 3 is 2.39 bits per heavy atom. The normalized spacial score (nSPS) is 14.9. The molecule has 180 valence electrons. The monoisotopic (exact) mass is 541 g/mol. The summed E-state index contributed by atoms with van der Waals surface area (Å²) in [6, 6.07) is 27.1. The molecule has 0 spiro atoms. The van der Waals surface area contributed by atoms with Gasteiger partial charge in [-0.05, 0) is 75.1 Å². The van der Waals surface area contributed by atoms with Crippen molar-refractivity contribution in [2.24, 2.45) is 5.10 Å². The molecule has 0 bridgehead atoms. The summed E-state index contributed by atoms with van der Waals surface area (Å²) < 4.78 is 12.0. The van der Waals surface area contributed by atoms with Gasteiger partial charge in [-0.25, -0.2) is 5.01 Å². The average molecular weight is 542 g/mol. The molecule has 0 N–H and O–H groups in total. The Morgan fingerprint density at radius 1 is 0.972 bits per heavy atom. The maximum Gasteiger partial charge on any atom is 0.276 e. The van der Waals surface area contributed by atoms with Crippen LogP contribution in [0.3, 0.4) is 0 Å². The molecule has 1 aliphatic heterocycles. The molecule has 5 rings (SSSR count). The van der Waals surface area contributed by atoms with E-state index in [9.17, 15) is 4.79 Å². The van der Waals surface area contributed by atoms with E-state index in [1.54, 1.807) is 30.6 Å². The second kappa shape index (κ2) is 10.7. The molecule has 1 aromatic heterocycles. The van der Waals surface area contributed by atoms with E-state index in [0.717, 1.165) is 38.4 Å². The number of carbonyl (C=O) groups excluding carboxylic acids is 1. The van der Waals surface area contributed by atoms with Crippen LogP contribution < -0.4 is 9.47 Å². The number of rotatable bonds is 7. The van der Waals surface area contributed by atoms with Crippen LogP contribution in [-0.2, 0) is 6.61 Å². The van der Waals surface area contributed by atoms with E-state index in [0.29, 0.717) is 18.6 Å². The largest absolute Gasteiger partial charge is 0.497 e. The minimum absolute atomic E-state index is 0.207. The van der Waals surface area contributed by atoms with E-state index in [-0.39, 0.29) is 11.9 Å². The van der Waals surface area contributed by atoms with Gasteiger partial charge in [0.1, 0.15) is 18.1 Å². The predicted octanol–water partition coefficient (Wildman–Crippen LogP) is 6.42. The number of hydrazone groups is 1. The van der Waals surface area contributed by atoms with Crippen LogP contribution in [0, 0.1) is 0 Å². The van der Waals surface area contributed by atoms with Crippen LogP contribution >= 0.6 is 15.9 Å². The summed E-state index contributed by atoms with van der Waals surface area (Å²) in [4.78, 5) is 17.7.